The predicted molar refractivity (Wildman–Crippen MR) is 74.2 cm³/mol. The summed E-state index contributed by atoms with van der Waals surface area (Å²) in [6.07, 6.45) is 2.59. The van der Waals surface area contributed by atoms with Crippen LogP contribution < -0.4 is 5.32 Å². The van der Waals surface area contributed by atoms with Gasteiger partial charge < -0.3 is 10.1 Å². The molecule has 0 radical (unpaired) electrons. The Labute approximate surface area is 110 Å². The molecule has 0 bridgehead atoms. The minimum atomic E-state index is 0.235. The molecule has 1 N–H and O–H groups in total. The SMILES string of the molecule is Cc1ccc(C2(C3CCCN3)COC2)c(C)c1C. The van der Waals surface area contributed by atoms with Crippen LogP contribution in [0.15, 0.2) is 12.1 Å². The monoisotopic (exact) mass is 245 g/mol. The van der Waals surface area contributed by atoms with E-state index in [4.69, 9.17) is 4.74 Å². The second-order valence-electron chi connectivity index (χ2n) is 5.98. The zero-order valence-electron chi connectivity index (χ0n) is 11.7. The standard InChI is InChI=1S/C16H23NO/c1-11-6-7-14(13(3)12(11)2)16(9-18-10-16)15-5-4-8-17-15/h6-7,15,17H,4-5,8-10H2,1-3H3. The highest BCUT2D eigenvalue weighted by Gasteiger charge is 2.48. The fourth-order valence-electron chi connectivity index (χ4n) is 3.52. The van der Waals surface area contributed by atoms with Crippen LogP contribution in [0.3, 0.4) is 0 Å². The van der Waals surface area contributed by atoms with Crippen LogP contribution in [-0.2, 0) is 10.2 Å². The highest BCUT2D eigenvalue weighted by molar-refractivity contribution is 5.45. The molecule has 1 aromatic rings. The lowest BCUT2D eigenvalue weighted by molar-refractivity contribution is -0.0764. The summed E-state index contributed by atoms with van der Waals surface area (Å²) in [6.45, 7) is 9.64. The fourth-order valence-corrected chi connectivity index (χ4v) is 3.52. The van der Waals surface area contributed by atoms with Crippen LogP contribution >= 0.6 is 0 Å². The van der Waals surface area contributed by atoms with Crippen molar-refractivity contribution < 1.29 is 4.74 Å². The van der Waals surface area contributed by atoms with E-state index in [1.807, 2.05) is 0 Å². The molecule has 1 unspecified atom stereocenters. The van der Waals surface area contributed by atoms with Gasteiger partial charge in [-0.05, 0) is 62.4 Å². The Morgan fingerprint density at radius 1 is 1.17 bits per heavy atom. The molecular formula is C16H23NO. The zero-order valence-corrected chi connectivity index (χ0v) is 11.7. The Morgan fingerprint density at radius 2 is 1.94 bits per heavy atom. The van der Waals surface area contributed by atoms with Crippen LogP contribution in [0, 0.1) is 20.8 Å². The van der Waals surface area contributed by atoms with Crippen LogP contribution in [0.5, 0.6) is 0 Å². The Morgan fingerprint density at radius 3 is 2.50 bits per heavy atom. The first-order valence-electron chi connectivity index (χ1n) is 7.03. The molecule has 2 aliphatic heterocycles. The van der Waals surface area contributed by atoms with Crippen molar-refractivity contribution in [2.45, 2.75) is 45.1 Å². The highest BCUT2D eigenvalue weighted by atomic mass is 16.5. The Bertz CT molecular complexity index is 456. The summed E-state index contributed by atoms with van der Waals surface area (Å²) in [7, 11) is 0. The molecule has 0 amide bonds. The Kier molecular flexibility index (Phi) is 2.95. The molecule has 0 aromatic heterocycles. The number of rotatable bonds is 2. The van der Waals surface area contributed by atoms with E-state index in [0.29, 0.717) is 6.04 Å². The van der Waals surface area contributed by atoms with Crippen molar-refractivity contribution in [2.24, 2.45) is 0 Å². The van der Waals surface area contributed by atoms with E-state index in [1.54, 1.807) is 0 Å². The average Bonchev–Trinajstić information content (AvgIpc) is 2.81. The van der Waals surface area contributed by atoms with Gasteiger partial charge in [-0.25, -0.2) is 0 Å². The van der Waals surface area contributed by atoms with Crippen molar-refractivity contribution in [1.29, 1.82) is 0 Å². The third kappa shape index (κ3) is 1.63. The molecule has 1 atom stereocenters. The van der Waals surface area contributed by atoms with E-state index in [2.05, 4.69) is 38.2 Å². The van der Waals surface area contributed by atoms with Gasteiger partial charge in [0.1, 0.15) is 0 Å². The summed E-state index contributed by atoms with van der Waals surface area (Å²) in [6, 6.07) is 5.21. The fraction of sp³-hybridized carbons (Fsp3) is 0.625. The normalized spacial score (nSPS) is 26.1. The first-order valence-corrected chi connectivity index (χ1v) is 7.03. The molecule has 2 saturated heterocycles. The van der Waals surface area contributed by atoms with Gasteiger partial charge in [0.2, 0.25) is 0 Å². The van der Waals surface area contributed by atoms with Gasteiger partial charge in [0.15, 0.2) is 0 Å². The zero-order chi connectivity index (χ0) is 12.8. The Hall–Kier alpha value is -0.860. The van der Waals surface area contributed by atoms with Crippen molar-refractivity contribution in [2.75, 3.05) is 19.8 Å². The maximum atomic E-state index is 5.59. The molecule has 2 heteroatoms. The van der Waals surface area contributed by atoms with Crippen LogP contribution in [-0.4, -0.2) is 25.8 Å². The molecule has 98 valence electrons. The molecule has 2 aliphatic rings. The van der Waals surface area contributed by atoms with E-state index in [9.17, 15) is 0 Å². The van der Waals surface area contributed by atoms with E-state index in [1.165, 1.54) is 35.1 Å². The lowest BCUT2D eigenvalue weighted by Crippen LogP contribution is -2.58. The average molecular weight is 245 g/mol. The molecule has 1 aromatic carbocycles. The van der Waals surface area contributed by atoms with Crippen molar-refractivity contribution in [1.82, 2.24) is 5.32 Å². The second kappa shape index (κ2) is 4.36. The van der Waals surface area contributed by atoms with Gasteiger partial charge in [-0.2, -0.15) is 0 Å². The van der Waals surface area contributed by atoms with Crippen molar-refractivity contribution in [3.8, 4) is 0 Å². The van der Waals surface area contributed by atoms with E-state index < -0.39 is 0 Å². The van der Waals surface area contributed by atoms with Crippen LogP contribution in [0.4, 0.5) is 0 Å². The maximum absolute atomic E-state index is 5.59. The predicted octanol–water partition coefficient (Wildman–Crippen LogP) is 2.63. The molecule has 0 aliphatic carbocycles. The third-order valence-corrected chi connectivity index (χ3v) is 5.04. The molecule has 2 nitrogen and oxygen atoms in total. The van der Waals surface area contributed by atoms with Gasteiger partial charge in [0, 0.05) is 6.04 Å². The van der Waals surface area contributed by atoms with Gasteiger partial charge in [-0.15, -0.1) is 0 Å². The highest BCUT2D eigenvalue weighted by Crippen LogP contribution is 2.41. The third-order valence-electron chi connectivity index (χ3n) is 5.04. The first-order chi connectivity index (χ1) is 8.65. The molecule has 18 heavy (non-hydrogen) atoms. The lowest BCUT2D eigenvalue weighted by Gasteiger charge is -2.47. The smallest absolute Gasteiger partial charge is 0.0600 e. The number of hydrogen-bond acceptors (Lipinski definition) is 2. The van der Waals surface area contributed by atoms with E-state index in [0.717, 1.165) is 19.8 Å². The topological polar surface area (TPSA) is 21.3 Å². The molecule has 2 heterocycles. The molecule has 0 saturated carbocycles. The van der Waals surface area contributed by atoms with Gasteiger partial charge >= 0.3 is 0 Å². The number of nitrogens with one attached hydrogen (secondary N) is 1. The summed E-state index contributed by atoms with van der Waals surface area (Å²) in [4.78, 5) is 0. The minimum absolute atomic E-state index is 0.235. The molecule has 3 rings (SSSR count). The maximum Gasteiger partial charge on any atom is 0.0600 e. The summed E-state index contributed by atoms with van der Waals surface area (Å²) in [5.41, 5.74) is 6.05. The summed E-state index contributed by atoms with van der Waals surface area (Å²) in [5.74, 6) is 0. The van der Waals surface area contributed by atoms with Crippen molar-refractivity contribution in [3.05, 3.63) is 34.4 Å². The summed E-state index contributed by atoms with van der Waals surface area (Å²) in [5, 5.41) is 3.68. The van der Waals surface area contributed by atoms with Crippen LogP contribution in [0.25, 0.3) is 0 Å². The van der Waals surface area contributed by atoms with Gasteiger partial charge in [0.05, 0.1) is 18.6 Å². The molecule has 2 fully saturated rings. The van der Waals surface area contributed by atoms with Crippen molar-refractivity contribution >= 4 is 0 Å². The summed E-state index contributed by atoms with van der Waals surface area (Å²) >= 11 is 0. The lowest BCUT2D eigenvalue weighted by atomic mass is 9.69. The van der Waals surface area contributed by atoms with Gasteiger partial charge in [-0.3, -0.25) is 0 Å². The van der Waals surface area contributed by atoms with Crippen LogP contribution in [0.1, 0.15) is 35.1 Å². The number of benzene rings is 1. The minimum Gasteiger partial charge on any atom is -0.379 e. The van der Waals surface area contributed by atoms with Crippen LogP contribution in [0.2, 0.25) is 0 Å². The van der Waals surface area contributed by atoms with E-state index in [-0.39, 0.29) is 5.41 Å². The number of hydrogen-bond donors (Lipinski definition) is 1. The first kappa shape index (κ1) is 12.2. The number of aryl methyl sites for hydroxylation is 1. The van der Waals surface area contributed by atoms with Gasteiger partial charge in [-0.1, -0.05) is 12.1 Å². The summed E-state index contributed by atoms with van der Waals surface area (Å²) < 4.78 is 5.59. The largest absolute Gasteiger partial charge is 0.379 e. The van der Waals surface area contributed by atoms with E-state index >= 15 is 0 Å². The molecular weight excluding hydrogens is 222 g/mol. The number of ether oxygens (including phenoxy) is 1. The molecule has 0 spiro atoms. The Balaban J connectivity index is 2.04. The van der Waals surface area contributed by atoms with Gasteiger partial charge in [0.25, 0.3) is 0 Å². The second-order valence-corrected chi connectivity index (χ2v) is 5.98. The van der Waals surface area contributed by atoms with Crippen molar-refractivity contribution in [3.63, 3.8) is 0 Å². The quantitative estimate of drug-likeness (QED) is 0.865.